The van der Waals surface area contributed by atoms with E-state index in [4.69, 9.17) is 9.47 Å². The number of anilines is 1. The summed E-state index contributed by atoms with van der Waals surface area (Å²) < 4.78 is 38.1. The number of methoxy groups -OCH3 is 1. The van der Waals surface area contributed by atoms with Crippen molar-refractivity contribution in [2.75, 3.05) is 45.8 Å². The number of carbonyl (C=O) groups excluding carboxylic acids is 2. The van der Waals surface area contributed by atoms with E-state index >= 15 is 0 Å². The molecule has 2 N–H and O–H groups in total. The Labute approximate surface area is 187 Å². The highest BCUT2D eigenvalue weighted by atomic mass is 32.2. The van der Waals surface area contributed by atoms with Gasteiger partial charge in [-0.3, -0.25) is 9.59 Å². The third-order valence-corrected chi connectivity index (χ3v) is 7.09. The highest BCUT2D eigenvalue weighted by Gasteiger charge is 2.29. The molecule has 2 amide bonds. The minimum Gasteiger partial charge on any atom is -0.495 e. The minimum absolute atomic E-state index is 0.0216. The maximum absolute atomic E-state index is 13.1. The van der Waals surface area contributed by atoms with E-state index in [2.05, 4.69) is 10.6 Å². The topological polar surface area (TPSA) is 114 Å². The number of rotatable bonds is 7. The zero-order chi connectivity index (χ0) is 23.3. The molecule has 0 aliphatic carbocycles. The number of nitrogens with zero attached hydrogens (tertiary/aromatic N) is 1. The van der Waals surface area contributed by atoms with Crippen LogP contribution in [0.15, 0.2) is 41.3 Å². The molecule has 1 saturated heterocycles. The number of sulfonamides is 1. The smallest absolute Gasteiger partial charge is 0.251 e. The van der Waals surface area contributed by atoms with E-state index in [9.17, 15) is 18.0 Å². The Balaban J connectivity index is 1.78. The number of aryl methyl sites for hydroxylation is 1. The van der Waals surface area contributed by atoms with Gasteiger partial charge in [-0.25, -0.2) is 8.42 Å². The van der Waals surface area contributed by atoms with Gasteiger partial charge in [0.05, 0.1) is 26.7 Å². The summed E-state index contributed by atoms with van der Waals surface area (Å²) in [6.45, 7) is 2.99. The van der Waals surface area contributed by atoms with Gasteiger partial charge in [0.15, 0.2) is 0 Å². The number of amides is 2. The number of ether oxygens (including phenoxy) is 2. The van der Waals surface area contributed by atoms with Gasteiger partial charge in [0.25, 0.3) is 5.91 Å². The highest BCUT2D eigenvalue weighted by Crippen LogP contribution is 2.29. The van der Waals surface area contributed by atoms with Crippen LogP contribution in [-0.2, 0) is 26.0 Å². The molecular weight excluding hydrogens is 434 g/mol. The summed E-state index contributed by atoms with van der Waals surface area (Å²) in [5.41, 5.74) is 2.35. The number of hydrogen-bond acceptors (Lipinski definition) is 6. The molecule has 0 atom stereocenters. The van der Waals surface area contributed by atoms with Crippen molar-refractivity contribution in [2.45, 2.75) is 18.2 Å². The Hall–Kier alpha value is -2.95. The zero-order valence-electron chi connectivity index (χ0n) is 18.3. The summed E-state index contributed by atoms with van der Waals surface area (Å²) in [6.07, 6.45) is -0.0216. The van der Waals surface area contributed by atoms with Crippen molar-refractivity contribution in [3.63, 3.8) is 0 Å². The number of carbonyl (C=O) groups is 2. The maximum Gasteiger partial charge on any atom is 0.251 e. The molecule has 2 aromatic carbocycles. The molecule has 2 aromatic rings. The molecule has 0 bridgehead atoms. The summed E-state index contributed by atoms with van der Waals surface area (Å²) in [7, 11) is -0.826. The average Bonchev–Trinajstić information content (AvgIpc) is 2.80. The van der Waals surface area contributed by atoms with E-state index in [0.717, 1.165) is 5.56 Å². The van der Waals surface area contributed by atoms with Crippen LogP contribution in [-0.4, -0.2) is 65.0 Å². The van der Waals surface area contributed by atoms with Gasteiger partial charge < -0.3 is 20.1 Å². The van der Waals surface area contributed by atoms with Gasteiger partial charge in [0, 0.05) is 31.4 Å². The van der Waals surface area contributed by atoms with E-state index in [1.807, 2.05) is 0 Å². The lowest BCUT2D eigenvalue weighted by Crippen LogP contribution is -2.40. The first-order chi connectivity index (χ1) is 15.3. The predicted octanol–water partition coefficient (Wildman–Crippen LogP) is 1.57. The number of nitrogens with one attached hydrogen (secondary N) is 2. The van der Waals surface area contributed by atoms with Crippen molar-refractivity contribution in [3.8, 4) is 5.75 Å². The largest absolute Gasteiger partial charge is 0.495 e. The van der Waals surface area contributed by atoms with Gasteiger partial charge in [0.2, 0.25) is 15.9 Å². The van der Waals surface area contributed by atoms with Crippen LogP contribution in [0.2, 0.25) is 0 Å². The zero-order valence-corrected chi connectivity index (χ0v) is 19.1. The molecule has 10 heteroatoms. The maximum atomic E-state index is 13.1. The Bertz CT molecular complexity index is 1110. The van der Waals surface area contributed by atoms with Gasteiger partial charge in [-0.2, -0.15) is 4.31 Å². The molecule has 32 heavy (non-hydrogen) atoms. The van der Waals surface area contributed by atoms with Crippen LogP contribution in [0.3, 0.4) is 0 Å². The molecule has 0 unspecified atom stereocenters. The molecule has 1 heterocycles. The summed E-state index contributed by atoms with van der Waals surface area (Å²) in [4.78, 5) is 24.4. The summed E-state index contributed by atoms with van der Waals surface area (Å²) in [5.74, 6) is -0.291. The SMILES string of the molecule is CNC(=O)c1ccc(NC(=O)Cc2ccc(OC)c(S(=O)(=O)N3CCOCC3)c2)c(C)c1. The summed E-state index contributed by atoms with van der Waals surface area (Å²) >= 11 is 0. The third kappa shape index (κ3) is 5.26. The van der Waals surface area contributed by atoms with Crippen LogP contribution in [0.4, 0.5) is 5.69 Å². The Kier molecular flexibility index (Phi) is 7.49. The lowest BCUT2D eigenvalue weighted by Gasteiger charge is -2.26. The molecule has 0 aromatic heterocycles. The lowest BCUT2D eigenvalue weighted by molar-refractivity contribution is -0.115. The van der Waals surface area contributed by atoms with Crippen molar-refractivity contribution < 1.29 is 27.5 Å². The first-order valence-corrected chi connectivity index (χ1v) is 11.6. The van der Waals surface area contributed by atoms with Crippen molar-refractivity contribution >= 4 is 27.5 Å². The molecule has 3 rings (SSSR count). The second kappa shape index (κ2) is 10.1. The van der Waals surface area contributed by atoms with Gasteiger partial charge in [-0.15, -0.1) is 0 Å². The molecule has 172 valence electrons. The second-order valence-electron chi connectivity index (χ2n) is 7.34. The van der Waals surface area contributed by atoms with Crippen LogP contribution < -0.4 is 15.4 Å². The van der Waals surface area contributed by atoms with E-state index in [1.165, 1.54) is 17.5 Å². The molecular formula is C22H27N3O6S. The predicted molar refractivity (Wildman–Crippen MR) is 119 cm³/mol. The van der Waals surface area contributed by atoms with E-state index in [-0.39, 0.29) is 42.0 Å². The van der Waals surface area contributed by atoms with Gasteiger partial charge >= 0.3 is 0 Å². The first-order valence-electron chi connectivity index (χ1n) is 10.1. The van der Waals surface area contributed by atoms with E-state index in [1.54, 1.807) is 44.3 Å². The molecule has 0 radical (unpaired) electrons. The fraction of sp³-hybridized carbons (Fsp3) is 0.364. The van der Waals surface area contributed by atoms with Gasteiger partial charge in [-0.1, -0.05) is 6.07 Å². The molecule has 1 aliphatic heterocycles. The van der Waals surface area contributed by atoms with Gasteiger partial charge in [-0.05, 0) is 48.4 Å². The van der Waals surface area contributed by atoms with Crippen LogP contribution in [0.5, 0.6) is 5.75 Å². The fourth-order valence-electron chi connectivity index (χ4n) is 3.43. The average molecular weight is 462 g/mol. The Morgan fingerprint density at radius 1 is 1.12 bits per heavy atom. The lowest BCUT2D eigenvalue weighted by atomic mass is 10.1. The van der Waals surface area contributed by atoms with Gasteiger partial charge in [0.1, 0.15) is 10.6 Å². The van der Waals surface area contributed by atoms with E-state index in [0.29, 0.717) is 30.0 Å². The molecule has 0 spiro atoms. The van der Waals surface area contributed by atoms with E-state index < -0.39 is 10.0 Å². The van der Waals surface area contributed by atoms with Crippen molar-refractivity contribution in [1.82, 2.24) is 9.62 Å². The summed E-state index contributed by atoms with van der Waals surface area (Å²) in [6, 6.07) is 9.68. The molecule has 0 saturated carbocycles. The molecule has 1 aliphatic rings. The summed E-state index contributed by atoms with van der Waals surface area (Å²) in [5, 5.41) is 5.37. The van der Waals surface area contributed by atoms with Crippen molar-refractivity contribution in [1.29, 1.82) is 0 Å². The monoisotopic (exact) mass is 461 g/mol. The first kappa shape index (κ1) is 23.7. The normalized spacial score (nSPS) is 14.6. The Morgan fingerprint density at radius 3 is 2.47 bits per heavy atom. The van der Waals surface area contributed by atoms with Crippen LogP contribution in [0.25, 0.3) is 0 Å². The van der Waals surface area contributed by atoms with Crippen LogP contribution in [0, 0.1) is 6.92 Å². The second-order valence-corrected chi connectivity index (χ2v) is 9.24. The number of hydrogen-bond donors (Lipinski definition) is 2. The van der Waals surface area contributed by atoms with Crippen molar-refractivity contribution in [3.05, 3.63) is 53.1 Å². The fourth-order valence-corrected chi connectivity index (χ4v) is 5.04. The third-order valence-electron chi connectivity index (χ3n) is 5.17. The number of benzene rings is 2. The van der Waals surface area contributed by atoms with Crippen molar-refractivity contribution in [2.24, 2.45) is 0 Å². The molecule has 1 fully saturated rings. The van der Waals surface area contributed by atoms with Crippen LogP contribution >= 0.6 is 0 Å². The number of morpholine rings is 1. The highest BCUT2D eigenvalue weighted by molar-refractivity contribution is 7.89. The minimum atomic E-state index is -3.79. The van der Waals surface area contributed by atoms with Crippen LogP contribution in [0.1, 0.15) is 21.5 Å². The Morgan fingerprint density at radius 2 is 1.84 bits per heavy atom. The quantitative estimate of drug-likeness (QED) is 0.647. The standard InChI is InChI=1S/C22H27N3O6S/c1-15-12-17(22(27)23-2)5-6-18(15)24-21(26)14-16-4-7-19(30-3)20(13-16)32(28,29)25-8-10-31-11-9-25/h4-7,12-13H,8-11,14H2,1-3H3,(H,23,27)(H,24,26). The molecule has 9 nitrogen and oxygen atoms in total.